The minimum Gasteiger partial charge on any atom is -0.479 e. The predicted octanol–water partition coefficient (Wildman–Crippen LogP) is 6.50. The van der Waals surface area contributed by atoms with E-state index in [1.807, 2.05) is 30.3 Å². The normalized spacial score (nSPS) is 16.4. The van der Waals surface area contributed by atoms with E-state index in [1.165, 1.54) is 12.7 Å². The van der Waals surface area contributed by atoms with Crippen LogP contribution in [-0.2, 0) is 12.8 Å². The van der Waals surface area contributed by atoms with Crippen LogP contribution < -0.4 is 4.74 Å². The molecule has 3 aromatic rings. The summed E-state index contributed by atoms with van der Waals surface area (Å²) in [5.74, 6) is -0.390. The van der Waals surface area contributed by atoms with Crippen molar-refractivity contribution in [3.05, 3.63) is 94.2 Å². The Morgan fingerprint density at radius 2 is 1.86 bits per heavy atom. The van der Waals surface area contributed by atoms with Gasteiger partial charge in [0.1, 0.15) is 5.82 Å². The first-order valence-corrected chi connectivity index (χ1v) is 12.7. The number of hydrogen-bond acceptors (Lipinski definition) is 3. The molecule has 0 bridgehead atoms. The number of rotatable bonds is 8. The lowest BCUT2D eigenvalue weighted by molar-refractivity contribution is 0.0962. The molecule has 0 spiro atoms. The molecule has 1 aliphatic carbocycles. The number of likely N-dealkylation sites (tertiary alicyclic amines) is 1. The van der Waals surface area contributed by atoms with E-state index >= 15 is 8.78 Å². The Morgan fingerprint density at radius 3 is 2.64 bits per heavy atom. The number of pyridine rings is 1. The number of aryl methyl sites for hydroxylation is 1. The van der Waals surface area contributed by atoms with Crippen LogP contribution in [0.4, 0.5) is 13.2 Å². The van der Waals surface area contributed by atoms with Crippen LogP contribution in [0.25, 0.3) is 11.1 Å². The summed E-state index contributed by atoms with van der Waals surface area (Å²) < 4.78 is 48.4. The molecule has 0 saturated carbocycles. The molecule has 0 amide bonds. The van der Waals surface area contributed by atoms with Crippen LogP contribution >= 0.6 is 0 Å². The number of benzene rings is 2. The summed E-state index contributed by atoms with van der Waals surface area (Å²) in [6.45, 7) is 2.23. The Morgan fingerprint density at radius 1 is 1.03 bits per heavy atom. The average molecular weight is 493 g/mol. The van der Waals surface area contributed by atoms with Crippen molar-refractivity contribution in [1.82, 2.24) is 9.88 Å². The van der Waals surface area contributed by atoms with Crippen molar-refractivity contribution in [3.8, 4) is 5.88 Å². The summed E-state index contributed by atoms with van der Waals surface area (Å²) in [4.78, 5) is 6.22. The molecule has 2 heterocycles. The van der Waals surface area contributed by atoms with Crippen molar-refractivity contribution in [1.29, 1.82) is 0 Å². The molecule has 0 N–H and O–H groups in total. The second-order valence-electron chi connectivity index (χ2n) is 9.72. The van der Waals surface area contributed by atoms with Gasteiger partial charge in [-0.05, 0) is 83.6 Å². The van der Waals surface area contributed by atoms with Crippen molar-refractivity contribution < 1.29 is 17.9 Å². The Kier molecular flexibility index (Phi) is 7.42. The minimum atomic E-state index is -0.494. The van der Waals surface area contributed by atoms with Crippen LogP contribution in [-0.4, -0.2) is 43.3 Å². The maximum absolute atomic E-state index is 15.4. The molecule has 1 fully saturated rings. The third-order valence-electron chi connectivity index (χ3n) is 7.33. The molecule has 1 aromatic heterocycles. The molecular formula is C30H31F3N2O. The molecule has 0 radical (unpaired) electrons. The van der Waals surface area contributed by atoms with E-state index in [0.717, 1.165) is 54.7 Å². The van der Waals surface area contributed by atoms with Crippen molar-refractivity contribution >= 4 is 11.1 Å². The molecule has 2 aliphatic rings. The maximum atomic E-state index is 15.4. The molecule has 0 unspecified atom stereocenters. The SMILES string of the molecule is COc1nccc(C2=C(c3ccc(CC4CN(CCCF)C4)c(F)c3)c3ccccc3CCC2)c1F. The number of methoxy groups -OCH3 is 1. The third kappa shape index (κ3) is 4.92. The van der Waals surface area contributed by atoms with Crippen molar-refractivity contribution in [3.63, 3.8) is 0 Å². The van der Waals surface area contributed by atoms with Crippen molar-refractivity contribution in [2.75, 3.05) is 33.4 Å². The third-order valence-corrected chi connectivity index (χ3v) is 7.33. The zero-order valence-electron chi connectivity index (χ0n) is 20.6. The van der Waals surface area contributed by atoms with Crippen LogP contribution in [0.1, 0.15) is 47.1 Å². The second kappa shape index (κ2) is 10.9. The number of alkyl halides is 1. The number of hydrogen-bond donors (Lipinski definition) is 0. The molecule has 5 rings (SSSR count). The molecule has 3 nitrogen and oxygen atoms in total. The lowest BCUT2D eigenvalue weighted by Crippen LogP contribution is -2.48. The van der Waals surface area contributed by atoms with Crippen LogP contribution in [0.15, 0.2) is 54.7 Å². The number of ether oxygens (including phenoxy) is 1. The zero-order chi connectivity index (χ0) is 25.1. The van der Waals surface area contributed by atoms with Gasteiger partial charge in [-0.1, -0.05) is 36.4 Å². The van der Waals surface area contributed by atoms with E-state index in [1.54, 1.807) is 18.3 Å². The number of aromatic nitrogens is 1. The number of allylic oxidation sites excluding steroid dienone is 1. The van der Waals surface area contributed by atoms with E-state index in [9.17, 15) is 4.39 Å². The standard InChI is InChI=1S/C30H31F3N2O/c1-36-30-29(33)26(12-14-34-30)25-9-4-7-21-6-2-3-8-24(21)28(25)23-11-10-22(27(32)17-23)16-20-18-35(19-20)15-5-13-31/h2-3,6,8,10-12,14,17,20H,4-5,7,9,13,15-16,18-19H2,1H3. The first kappa shape index (κ1) is 24.6. The van der Waals surface area contributed by atoms with Crippen LogP contribution in [0.3, 0.4) is 0 Å². The molecule has 0 atom stereocenters. The van der Waals surface area contributed by atoms with Crippen LogP contribution in [0, 0.1) is 17.6 Å². The molecule has 2 aromatic carbocycles. The first-order chi connectivity index (χ1) is 17.6. The summed E-state index contributed by atoms with van der Waals surface area (Å²) in [6.07, 6.45) is 5.16. The van der Waals surface area contributed by atoms with Crippen molar-refractivity contribution in [2.24, 2.45) is 5.92 Å². The zero-order valence-corrected chi connectivity index (χ0v) is 20.6. The molecule has 36 heavy (non-hydrogen) atoms. The highest BCUT2D eigenvalue weighted by Gasteiger charge is 2.28. The van der Waals surface area contributed by atoms with Gasteiger partial charge in [0.05, 0.1) is 13.8 Å². The second-order valence-corrected chi connectivity index (χ2v) is 9.72. The number of halogens is 3. The molecule has 1 saturated heterocycles. The largest absolute Gasteiger partial charge is 0.479 e. The Bertz CT molecular complexity index is 1270. The predicted molar refractivity (Wildman–Crippen MR) is 137 cm³/mol. The lowest BCUT2D eigenvalue weighted by atomic mass is 9.86. The van der Waals surface area contributed by atoms with Gasteiger partial charge in [-0.2, -0.15) is 0 Å². The molecule has 188 valence electrons. The summed E-state index contributed by atoms with van der Waals surface area (Å²) in [5.41, 5.74) is 5.77. The van der Waals surface area contributed by atoms with Crippen molar-refractivity contribution in [2.45, 2.75) is 32.1 Å². The van der Waals surface area contributed by atoms with Gasteiger partial charge in [-0.3, -0.25) is 4.39 Å². The van der Waals surface area contributed by atoms with Crippen LogP contribution in [0.5, 0.6) is 5.88 Å². The highest BCUT2D eigenvalue weighted by atomic mass is 19.1. The highest BCUT2D eigenvalue weighted by Crippen LogP contribution is 2.41. The Balaban J connectivity index is 1.52. The quantitative estimate of drug-likeness (QED) is 0.359. The Hall–Kier alpha value is -3.12. The van der Waals surface area contributed by atoms with Crippen LogP contribution in [0.2, 0.25) is 0 Å². The van der Waals surface area contributed by atoms with Gasteiger partial charge in [-0.15, -0.1) is 0 Å². The van der Waals surface area contributed by atoms with Gasteiger partial charge >= 0.3 is 0 Å². The molecule has 6 heteroatoms. The minimum absolute atomic E-state index is 0.0422. The van der Waals surface area contributed by atoms with Gasteiger partial charge in [-0.25, -0.2) is 13.8 Å². The van der Waals surface area contributed by atoms with Gasteiger partial charge in [0.2, 0.25) is 0 Å². The summed E-state index contributed by atoms with van der Waals surface area (Å²) >= 11 is 0. The van der Waals surface area contributed by atoms with E-state index < -0.39 is 5.82 Å². The first-order valence-electron chi connectivity index (χ1n) is 12.7. The maximum Gasteiger partial charge on any atom is 0.250 e. The average Bonchev–Trinajstić information content (AvgIpc) is 3.06. The van der Waals surface area contributed by atoms with Gasteiger partial charge in [0.15, 0.2) is 5.82 Å². The molecule has 1 aliphatic heterocycles. The smallest absolute Gasteiger partial charge is 0.250 e. The topological polar surface area (TPSA) is 25.4 Å². The van der Waals surface area contributed by atoms with Gasteiger partial charge in [0, 0.05) is 31.4 Å². The number of nitrogens with zero attached hydrogens (tertiary/aromatic N) is 2. The fourth-order valence-electron chi connectivity index (χ4n) is 5.58. The van der Waals surface area contributed by atoms with E-state index in [4.69, 9.17) is 4.74 Å². The Labute approximate surface area is 210 Å². The van der Waals surface area contributed by atoms with E-state index in [-0.39, 0.29) is 18.4 Å². The van der Waals surface area contributed by atoms with Gasteiger partial charge in [0.25, 0.3) is 5.88 Å². The molecular weight excluding hydrogens is 461 g/mol. The highest BCUT2D eigenvalue weighted by molar-refractivity contribution is 6.00. The monoisotopic (exact) mass is 492 g/mol. The number of fused-ring (bicyclic) bond motifs is 1. The van der Waals surface area contributed by atoms with E-state index in [0.29, 0.717) is 36.3 Å². The van der Waals surface area contributed by atoms with E-state index in [2.05, 4.69) is 16.0 Å². The lowest BCUT2D eigenvalue weighted by Gasteiger charge is -2.39. The van der Waals surface area contributed by atoms with Gasteiger partial charge < -0.3 is 9.64 Å². The fourth-order valence-corrected chi connectivity index (χ4v) is 5.58. The summed E-state index contributed by atoms with van der Waals surface area (Å²) in [7, 11) is 1.41. The summed E-state index contributed by atoms with van der Waals surface area (Å²) in [5, 5.41) is 0. The fraction of sp³-hybridized carbons (Fsp3) is 0.367. The summed E-state index contributed by atoms with van der Waals surface area (Å²) in [6, 6.07) is 15.2.